The van der Waals surface area contributed by atoms with Gasteiger partial charge in [-0.05, 0) is 24.3 Å². The number of nitrogens with one attached hydrogen (secondary N) is 1. The Balaban J connectivity index is 2.22. The van der Waals surface area contributed by atoms with Crippen molar-refractivity contribution in [2.24, 2.45) is 7.05 Å². The van der Waals surface area contributed by atoms with E-state index in [0.717, 1.165) is 5.56 Å². The molecule has 1 N–H and O–H groups in total. The van der Waals surface area contributed by atoms with Crippen LogP contribution in [0.2, 0.25) is 0 Å². The van der Waals surface area contributed by atoms with Crippen LogP contribution in [0.1, 0.15) is 26.3 Å². The van der Waals surface area contributed by atoms with Crippen LogP contribution in [0, 0.1) is 0 Å². The number of carbonyl (C=O) groups excluding carboxylic acids is 3. The SMILES string of the molecule is COC(=O)c1cc(NC(=O)/C=C\c2cnn(C)c2)cc(C(=O)OC)c1. The minimum Gasteiger partial charge on any atom is -0.465 e. The third-order valence-corrected chi connectivity index (χ3v) is 3.19. The molecule has 0 spiro atoms. The summed E-state index contributed by atoms with van der Waals surface area (Å²) in [5.41, 5.74) is 1.27. The molecule has 0 radical (unpaired) electrons. The van der Waals surface area contributed by atoms with E-state index in [1.165, 1.54) is 38.5 Å². The Morgan fingerprint density at radius 3 is 2.16 bits per heavy atom. The summed E-state index contributed by atoms with van der Waals surface area (Å²) < 4.78 is 10.9. The third kappa shape index (κ3) is 4.77. The standard InChI is InChI=1S/C17H17N3O5/c1-20-10-11(9-18-20)4-5-15(21)19-14-7-12(16(22)24-2)6-13(8-14)17(23)25-3/h4-10H,1-3H3,(H,19,21)/b5-4-. The van der Waals surface area contributed by atoms with Crippen LogP contribution in [0.15, 0.2) is 36.7 Å². The number of methoxy groups -OCH3 is 2. The van der Waals surface area contributed by atoms with Crippen molar-refractivity contribution in [2.75, 3.05) is 19.5 Å². The van der Waals surface area contributed by atoms with Gasteiger partial charge < -0.3 is 14.8 Å². The maximum absolute atomic E-state index is 12.0. The summed E-state index contributed by atoms with van der Waals surface area (Å²) in [4.78, 5) is 35.5. The molecule has 1 heterocycles. The highest BCUT2D eigenvalue weighted by Gasteiger charge is 2.14. The molecule has 2 aromatic rings. The summed E-state index contributed by atoms with van der Waals surface area (Å²) in [6, 6.07) is 4.15. The second-order valence-corrected chi connectivity index (χ2v) is 5.05. The maximum Gasteiger partial charge on any atom is 0.337 e. The van der Waals surface area contributed by atoms with E-state index in [1.54, 1.807) is 30.2 Å². The van der Waals surface area contributed by atoms with Gasteiger partial charge in [0.25, 0.3) is 0 Å². The van der Waals surface area contributed by atoms with Crippen LogP contribution in [0.25, 0.3) is 6.08 Å². The molecule has 1 aromatic heterocycles. The predicted molar refractivity (Wildman–Crippen MR) is 90.0 cm³/mol. The highest BCUT2D eigenvalue weighted by Crippen LogP contribution is 2.17. The molecule has 0 aliphatic rings. The zero-order chi connectivity index (χ0) is 18.4. The van der Waals surface area contributed by atoms with Crippen molar-refractivity contribution >= 4 is 29.6 Å². The van der Waals surface area contributed by atoms with Gasteiger partial charge in [-0.25, -0.2) is 9.59 Å². The van der Waals surface area contributed by atoms with Gasteiger partial charge in [0.1, 0.15) is 0 Å². The fourth-order valence-corrected chi connectivity index (χ4v) is 2.05. The number of hydrogen-bond acceptors (Lipinski definition) is 6. The number of esters is 2. The first-order valence-electron chi connectivity index (χ1n) is 7.22. The molecule has 0 atom stereocenters. The summed E-state index contributed by atoms with van der Waals surface area (Å²) in [5, 5.41) is 6.58. The van der Waals surface area contributed by atoms with Crippen molar-refractivity contribution in [3.8, 4) is 0 Å². The van der Waals surface area contributed by atoms with Crippen LogP contribution >= 0.6 is 0 Å². The second-order valence-electron chi connectivity index (χ2n) is 5.05. The molecule has 25 heavy (non-hydrogen) atoms. The maximum atomic E-state index is 12.0. The Morgan fingerprint density at radius 2 is 1.68 bits per heavy atom. The summed E-state index contributed by atoms with van der Waals surface area (Å²) in [5.74, 6) is -1.69. The lowest BCUT2D eigenvalue weighted by Crippen LogP contribution is -2.12. The highest BCUT2D eigenvalue weighted by atomic mass is 16.5. The van der Waals surface area contributed by atoms with E-state index in [-0.39, 0.29) is 16.8 Å². The van der Waals surface area contributed by atoms with Crippen molar-refractivity contribution in [1.29, 1.82) is 0 Å². The van der Waals surface area contributed by atoms with E-state index in [0.29, 0.717) is 0 Å². The van der Waals surface area contributed by atoms with Crippen LogP contribution < -0.4 is 5.32 Å². The molecular formula is C17H17N3O5. The highest BCUT2D eigenvalue weighted by molar-refractivity contribution is 6.04. The summed E-state index contributed by atoms with van der Waals surface area (Å²) in [7, 11) is 4.22. The third-order valence-electron chi connectivity index (χ3n) is 3.19. The number of carbonyl (C=O) groups is 3. The lowest BCUT2D eigenvalue weighted by atomic mass is 10.1. The monoisotopic (exact) mass is 343 g/mol. The first kappa shape index (κ1) is 17.9. The van der Waals surface area contributed by atoms with Crippen LogP contribution in [-0.2, 0) is 21.3 Å². The Kier molecular flexibility index (Phi) is 5.67. The molecule has 1 aromatic carbocycles. The quantitative estimate of drug-likeness (QED) is 0.654. The summed E-state index contributed by atoms with van der Waals surface area (Å²) >= 11 is 0. The van der Waals surface area contributed by atoms with Gasteiger partial charge in [0, 0.05) is 30.6 Å². The molecule has 8 nitrogen and oxygen atoms in total. The number of hydrogen-bond donors (Lipinski definition) is 1. The number of aryl methyl sites for hydroxylation is 1. The molecule has 0 saturated carbocycles. The van der Waals surface area contributed by atoms with E-state index in [4.69, 9.17) is 0 Å². The number of aromatic nitrogens is 2. The summed E-state index contributed by atoms with van der Waals surface area (Å²) in [6.45, 7) is 0. The van der Waals surface area contributed by atoms with E-state index < -0.39 is 17.8 Å². The average molecular weight is 343 g/mol. The summed E-state index contributed by atoms with van der Waals surface area (Å²) in [6.07, 6.45) is 6.27. The number of rotatable bonds is 5. The number of ether oxygens (including phenoxy) is 2. The van der Waals surface area contributed by atoms with Crippen molar-refractivity contribution < 1.29 is 23.9 Å². The second kappa shape index (κ2) is 7.91. The number of benzene rings is 1. The zero-order valence-corrected chi connectivity index (χ0v) is 14.0. The Morgan fingerprint density at radius 1 is 1.08 bits per heavy atom. The van der Waals surface area contributed by atoms with Crippen molar-refractivity contribution in [1.82, 2.24) is 9.78 Å². The van der Waals surface area contributed by atoms with Gasteiger partial charge in [0.15, 0.2) is 0 Å². The van der Waals surface area contributed by atoms with E-state index in [9.17, 15) is 14.4 Å². The molecule has 1 amide bonds. The van der Waals surface area contributed by atoms with Gasteiger partial charge in [0.05, 0.1) is 31.5 Å². The lowest BCUT2D eigenvalue weighted by Gasteiger charge is -2.08. The van der Waals surface area contributed by atoms with Crippen molar-refractivity contribution in [2.45, 2.75) is 0 Å². The zero-order valence-electron chi connectivity index (χ0n) is 14.0. The van der Waals surface area contributed by atoms with Gasteiger partial charge in [-0.3, -0.25) is 9.48 Å². The molecule has 0 saturated heterocycles. The lowest BCUT2D eigenvalue weighted by molar-refractivity contribution is -0.111. The van der Waals surface area contributed by atoms with E-state index in [2.05, 4.69) is 19.9 Å². The number of amides is 1. The molecule has 0 aliphatic heterocycles. The van der Waals surface area contributed by atoms with Crippen LogP contribution in [0.5, 0.6) is 0 Å². The normalized spacial score (nSPS) is 10.5. The Hall–Kier alpha value is -3.42. The van der Waals surface area contributed by atoms with E-state index >= 15 is 0 Å². The smallest absolute Gasteiger partial charge is 0.337 e. The van der Waals surface area contributed by atoms with E-state index in [1.807, 2.05) is 0 Å². The molecule has 2 rings (SSSR count). The molecule has 0 bridgehead atoms. The largest absolute Gasteiger partial charge is 0.465 e. The average Bonchev–Trinajstić information content (AvgIpc) is 3.03. The number of nitrogens with zero attached hydrogens (tertiary/aromatic N) is 2. The molecular weight excluding hydrogens is 326 g/mol. The van der Waals surface area contributed by atoms with Gasteiger partial charge >= 0.3 is 11.9 Å². The minimum absolute atomic E-state index is 0.122. The number of anilines is 1. The first-order chi connectivity index (χ1) is 11.9. The fourth-order valence-electron chi connectivity index (χ4n) is 2.05. The van der Waals surface area contributed by atoms with Crippen LogP contribution in [0.3, 0.4) is 0 Å². The van der Waals surface area contributed by atoms with Gasteiger partial charge in [0.2, 0.25) is 5.91 Å². The van der Waals surface area contributed by atoms with Gasteiger partial charge in [-0.2, -0.15) is 5.10 Å². The minimum atomic E-state index is -0.632. The molecule has 130 valence electrons. The molecule has 8 heteroatoms. The van der Waals surface area contributed by atoms with Crippen molar-refractivity contribution in [3.63, 3.8) is 0 Å². The first-order valence-corrected chi connectivity index (χ1v) is 7.22. The molecule has 0 aliphatic carbocycles. The van der Waals surface area contributed by atoms with Crippen LogP contribution in [-0.4, -0.2) is 41.8 Å². The van der Waals surface area contributed by atoms with Crippen molar-refractivity contribution in [3.05, 3.63) is 53.4 Å². The molecule has 0 unspecified atom stereocenters. The Labute approximate surface area is 144 Å². The Bertz CT molecular complexity index is 804. The fraction of sp³-hybridized carbons (Fsp3) is 0.176. The predicted octanol–water partition coefficient (Wildman–Crippen LogP) is 1.65. The van der Waals surface area contributed by atoms with Crippen LogP contribution in [0.4, 0.5) is 5.69 Å². The van der Waals surface area contributed by atoms with Gasteiger partial charge in [-0.1, -0.05) is 0 Å². The van der Waals surface area contributed by atoms with Gasteiger partial charge in [-0.15, -0.1) is 0 Å². The molecule has 0 fully saturated rings. The topological polar surface area (TPSA) is 99.5 Å².